The third kappa shape index (κ3) is 4.43. The van der Waals surface area contributed by atoms with Gasteiger partial charge in [0, 0.05) is 19.2 Å². The molecule has 1 aromatic carbocycles. The molecule has 2 rings (SSSR count). The zero-order chi connectivity index (χ0) is 15.1. The van der Waals surface area contributed by atoms with Crippen molar-refractivity contribution in [3.8, 4) is 11.8 Å². The molecule has 0 saturated heterocycles. The van der Waals surface area contributed by atoms with Crippen molar-refractivity contribution in [1.82, 2.24) is 5.32 Å². The fourth-order valence-electron chi connectivity index (χ4n) is 2.74. The maximum Gasteiger partial charge on any atom is 0.137 e. The summed E-state index contributed by atoms with van der Waals surface area (Å²) < 4.78 is 5.50. The third-order valence-corrected chi connectivity index (χ3v) is 3.95. The number of aliphatic hydroxyl groups excluding tert-OH is 2. The van der Waals surface area contributed by atoms with Crippen LogP contribution in [0.4, 0.5) is 0 Å². The molecular formula is C16H22N2O3. The first-order chi connectivity index (χ1) is 10.2. The monoisotopic (exact) mass is 290 g/mol. The van der Waals surface area contributed by atoms with E-state index in [2.05, 4.69) is 11.4 Å². The quantitative estimate of drug-likeness (QED) is 0.699. The lowest BCUT2D eigenvalue weighted by Crippen LogP contribution is -2.40. The van der Waals surface area contributed by atoms with Crippen LogP contribution in [0.5, 0.6) is 5.75 Å². The number of hydrogen-bond donors (Lipinski definition) is 3. The standard InChI is InChI=1S/C16H22N2O3/c17-8-12-4-1-2-7-16(12)21-11-14(20)9-18-15-6-3-5-13(15)10-19/h1-2,4,7,13-15,18-20H,3,5-6,9-11H2. The second-order valence-electron chi connectivity index (χ2n) is 5.46. The summed E-state index contributed by atoms with van der Waals surface area (Å²) in [6, 6.07) is 9.31. The number of rotatable bonds is 7. The SMILES string of the molecule is N#Cc1ccccc1OCC(O)CNC1CCCC1CO. The lowest BCUT2D eigenvalue weighted by molar-refractivity contribution is 0.0991. The molecule has 1 saturated carbocycles. The van der Waals surface area contributed by atoms with Crippen LogP contribution >= 0.6 is 0 Å². The Morgan fingerprint density at radius 1 is 1.38 bits per heavy atom. The molecule has 3 unspecified atom stereocenters. The van der Waals surface area contributed by atoms with Crippen LogP contribution in [0.15, 0.2) is 24.3 Å². The van der Waals surface area contributed by atoms with E-state index in [4.69, 9.17) is 10.00 Å². The topological polar surface area (TPSA) is 85.5 Å². The van der Waals surface area contributed by atoms with Crippen molar-refractivity contribution in [2.24, 2.45) is 5.92 Å². The first-order valence-electron chi connectivity index (χ1n) is 7.38. The lowest BCUT2D eigenvalue weighted by Gasteiger charge is -2.21. The van der Waals surface area contributed by atoms with Gasteiger partial charge < -0.3 is 20.3 Å². The normalized spacial score (nSPS) is 22.7. The van der Waals surface area contributed by atoms with Crippen molar-refractivity contribution in [2.75, 3.05) is 19.8 Å². The van der Waals surface area contributed by atoms with E-state index >= 15 is 0 Å². The highest BCUT2D eigenvalue weighted by Crippen LogP contribution is 2.25. The highest BCUT2D eigenvalue weighted by Gasteiger charge is 2.26. The summed E-state index contributed by atoms with van der Waals surface area (Å²) in [6.45, 7) is 0.762. The van der Waals surface area contributed by atoms with E-state index in [9.17, 15) is 10.2 Å². The molecule has 1 aliphatic carbocycles. The van der Waals surface area contributed by atoms with Crippen LogP contribution in [0.25, 0.3) is 0 Å². The van der Waals surface area contributed by atoms with Crippen LogP contribution in [0.1, 0.15) is 24.8 Å². The number of para-hydroxylation sites is 1. The van der Waals surface area contributed by atoms with Crippen molar-refractivity contribution in [3.05, 3.63) is 29.8 Å². The lowest BCUT2D eigenvalue weighted by atomic mass is 10.1. The van der Waals surface area contributed by atoms with E-state index in [-0.39, 0.29) is 25.2 Å². The van der Waals surface area contributed by atoms with Gasteiger partial charge in [-0.3, -0.25) is 0 Å². The third-order valence-electron chi connectivity index (χ3n) is 3.95. The van der Waals surface area contributed by atoms with Crippen molar-refractivity contribution in [1.29, 1.82) is 5.26 Å². The second kappa shape index (κ2) is 7.99. The van der Waals surface area contributed by atoms with Gasteiger partial charge in [0.15, 0.2) is 0 Å². The predicted octanol–water partition coefficient (Wildman–Crippen LogP) is 1.05. The summed E-state index contributed by atoms with van der Waals surface area (Å²) in [5.41, 5.74) is 0.466. The first kappa shape index (κ1) is 15.8. The molecule has 0 heterocycles. The van der Waals surface area contributed by atoms with Gasteiger partial charge in [0.05, 0.1) is 5.56 Å². The molecule has 3 N–H and O–H groups in total. The average Bonchev–Trinajstić information content (AvgIpc) is 2.98. The van der Waals surface area contributed by atoms with Crippen molar-refractivity contribution in [2.45, 2.75) is 31.4 Å². The summed E-state index contributed by atoms with van der Waals surface area (Å²) in [5.74, 6) is 0.783. The molecule has 0 spiro atoms. The van der Waals surface area contributed by atoms with Gasteiger partial charge in [-0.25, -0.2) is 0 Å². The van der Waals surface area contributed by atoms with Gasteiger partial charge in [-0.1, -0.05) is 18.6 Å². The van der Waals surface area contributed by atoms with Gasteiger partial charge in [-0.2, -0.15) is 5.26 Å². The number of nitrogens with zero attached hydrogens (tertiary/aromatic N) is 1. The van der Waals surface area contributed by atoms with Gasteiger partial charge in [0.2, 0.25) is 0 Å². The zero-order valence-corrected chi connectivity index (χ0v) is 12.0. The van der Waals surface area contributed by atoms with E-state index in [0.717, 1.165) is 19.3 Å². The molecule has 5 nitrogen and oxygen atoms in total. The van der Waals surface area contributed by atoms with Crippen LogP contribution < -0.4 is 10.1 Å². The van der Waals surface area contributed by atoms with Gasteiger partial charge in [0.25, 0.3) is 0 Å². The number of hydrogen-bond acceptors (Lipinski definition) is 5. The number of benzene rings is 1. The predicted molar refractivity (Wildman–Crippen MR) is 78.9 cm³/mol. The molecule has 114 valence electrons. The number of ether oxygens (including phenoxy) is 1. The Labute approximate surface area is 125 Å². The molecular weight excluding hydrogens is 268 g/mol. The first-order valence-corrected chi connectivity index (χ1v) is 7.38. The summed E-state index contributed by atoms with van der Waals surface area (Å²) in [5, 5.41) is 31.5. The van der Waals surface area contributed by atoms with Gasteiger partial charge in [0.1, 0.15) is 24.5 Å². The van der Waals surface area contributed by atoms with Crippen LogP contribution in [0.3, 0.4) is 0 Å². The fraction of sp³-hybridized carbons (Fsp3) is 0.562. The highest BCUT2D eigenvalue weighted by atomic mass is 16.5. The Hall–Kier alpha value is -1.61. The van der Waals surface area contributed by atoms with Crippen LogP contribution in [0, 0.1) is 17.2 Å². The molecule has 0 aromatic heterocycles. The number of nitrogens with one attached hydrogen (secondary N) is 1. The molecule has 21 heavy (non-hydrogen) atoms. The Kier molecular flexibility index (Phi) is 6.00. The molecule has 5 heteroatoms. The molecule has 1 aliphatic rings. The Balaban J connectivity index is 1.75. The zero-order valence-electron chi connectivity index (χ0n) is 12.0. The molecule has 0 bridgehead atoms. The van der Waals surface area contributed by atoms with Crippen molar-refractivity contribution in [3.63, 3.8) is 0 Å². The van der Waals surface area contributed by atoms with Crippen LogP contribution in [-0.2, 0) is 0 Å². The Morgan fingerprint density at radius 3 is 2.95 bits per heavy atom. The van der Waals surface area contributed by atoms with E-state index in [0.29, 0.717) is 17.9 Å². The van der Waals surface area contributed by atoms with Crippen LogP contribution in [-0.4, -0.2) is 42.1 Å². The molecule has 1 fully saturated rings. The Morgan fingerprint density at radius 2 is 2.19 bits per heavy atom. The summed E-state index contributed by atoms with van der Waals surface area (Å²) in [7, 11) is 0. The molecule has 1 aromatic rings. The van der Waals surface area contributed by atoms with Gasteiger partial charge in [-0.05, 0) is 30.9 Å². The minimum atomic E-state index is -0.642. The van der Waals surface area contributed by atoms with Gasteiger partial charge in [-0.15, -0.1) is 0 Å². The number of aliphatic hydroxyl groups is 2. The Bertz CT molecular complexity index is 487. The minimum Gasteiger partial charge on any atom is -0.489 e. The van der Waals surface area contributed by atoms with Crippen molar-refractivity contribution < 1.29 is 14.9 Å². The van der Waals surface area contributed by atoms with Gasteiger partial charge >= 0.3 is 0 Å². The molecule has 0 aliphatic heterocycles. The average molecular weight is 290 g/mol. The summed E-state index contributed by atoms with van der Waals surface area (Å²) >= 11 is 0. The molecule has 0 radical (unpaired) electrons. The van der Waals surface area contributed by atoms with E-state index in [1.165, 1.54) is 0 Å². The maximum atomic E-state index is 9.96. The van der Waals surface area contributed by atoms with Crippen LogP contribution in [0.2, 0.25) is 0 Å². The highest BCUT2D eigenvalue weighted by molar-refractivity contribution is 5.42. The molecule has 0 amide bonds. The van der Waals surface area contributed by atoms with E-state index in [1.807, 2.05) is 0 Å². The summed E-state index contributed by atoms with van der Waals surface area (Å²) in [6.07, 6.45) is 2.55. The number of nitriles is 1. The largest absolute Gasteiger partial charge is 0.489 e. The maximum absolute atomic E-state index is 9.96. The summed E-state index contributed by atoms with van der Waals surface area (Å²) in [4.78, 5) is 0. The second-order valence-corrected chi connectivity index (χ2v) is 5.46. The van der Waals surface area contributed by atoms with E-state index < -0.39 is 6.10 Å². The minimum absolute atomic E-state index is 0.141. The van der Waals surface area contributed by atoms with Crippen molar-refractivity contribution >= 4 is 0 Å². The fourth-order valence-corrected chi connectivity index (χ4v) is 2.74. The van der Waals surface area contributed by atoms with E-state index in [1.54, 1.807) is 24.3 Å². The smallest absolute Gasteiger partial charge is 0.137 e. The molecule has 3 atom stereocenters.